The summed E-state index contributed by atoms with van der Waals surface area (Å²) < 4.78 is 14.3. The van der Waals surface area contributed by atoms with Crippen molar-refractivity contribution in [3.63, 3.8) is 0 Å². The number of nitrogens with zero attached hydrogens (tertiary/aromatic N) is 2. The summed E-state index contributed by atoms with van der Waals surface area (Å²) in [5.74, 6) is 0. The van der Waals surface area contributed by atoms with Gasteiger partial charge in [-0.1, -0.05) is 154 Å². The van der Waals surface area contributed by atoms with Gasteiger partial charge in [-0.05, 0) is 122 Å². The average molecular weight is 861 g/mol. The molecule has 0 amide bonds. The molecule has 4 heteroatoms. The Bertz CT molecular complexity index is 4030. The molecule has 3 heterocycles. The zero-order valence-electron chi connectivity index (χ0n) is 37.7. The summed E-state index contributed by atoms with van der Waals surface area (Å²) in [5.41, 5.74) is 19.5. The summed E-state index contributed by atoms with van der Waals surface area (Å²) in [6.07, 6.45) is 2.03. The third kappa shape index (κ3) is 5.27. The zero-order chi connectivity index (χ0) is 44.8. The van der Waals surface area contributed by atoms with E-state index in [0.29, 0.717) is 0 Å². The number of furan rings is 2. The Kier molecular flexibility index (Phi) is 7.77. The fourth-order valence-corrected chi connectivity index (χ4v) is 11.6. The summed E-state index contributed by atoms with van der Waals surface area (Å²) in [6.45, 7) is 8.96. The molecule has 0 fully saturated rings. The maximum atomic E-state index is 7.32. The van der Waals surface area contributed by atoms with E-state index in [9.17, 15) is 0 Å². The van der Waals surface area contributed by atoms with Crippen molar-refractivity contribution < 1.29 is 8.83 Å². The second kappa shape index (κ2) is 13.7. The zero-order valence-corrected chi connectivity index (χ0v) is 37.7. The minimum Gasteiger partial charge on any atom is -0.455 e. The molecule has 4 nitrogen and oxygen atoms in total. The van der Waals surface area contributed by atoms with Crippen LogP contribution in [-0.2, 0) is 10.8 Å². The van der Waals surface area contributed by atoms with Crippen LogP contribution in [0.3, 0.4) is 0 Å². The van der Waals surface area contributed by atoms with E-state index in [1.807, 2.05) is 6.20 Å². The summed E-state index contributed by atoms with van der Waals surface area (Å²) >= 11 is 0. The number of benzene rings is 9. The molecule has 318 valence electrons. The van der Waals surface area contributed by atoms with Gasteiger partial charge < -0.3 is 13.7 Å². The van der Waals surface area contributed by atoms with Gasteiger partial charge in [-0.3, -0.25) is 4.98 Å². The maximum Gasteiger partial charge on any atom is 0.145 e. The Balaban J connectivity index is 1.11. The van der Waals surface area contributed by atoms with Crippen molar-refractivity contribution in [3.8, 4) is 33.4 Å². The molecule has 0 radical (unpaired) electrons. The van der Waals surface area contributed by atoms with Crippen LogP contribution >= 0.6 is 0 Å². The molecule has 0 saturated heterocycles. The summed E-state index contributed by atoms with van der Waals surface area (Å²) in [4.78, 5) is 7.90. The molecule has 1 unspecified atom stereocenters. The number of aromatic nitrogens is 1. The van der Waals surface area contributed by atoms with E-state index in [-0.39, 0.29) is 5.41 Å². The number of aryl methyl sites for hydroxylation is 1. The Morgan fingerprint density at radius 3 is 1.93 bits per heavy atom. The van der Waals surface area contributed by atoms with E-state index >= 15 is 0 Å². The van der Waals surface area contributed by atoms with Crippen LogP contribution in [0.2, 0.25) is 0 Å². The lowest BCUT2D eigenvalue weighted by Crippen LogP contribution is -2.27. The van der Waals surface area contributed by atoms with Gasteiger partial charge in [0.2, 0.25) is 0 Å². The van der Waals surface area contributed by atoms with E-state index < -0.39 is 5.41 Å². The monoisotopic (exact) mass is 860 g/mol. The lowest BCUT2D eigenvalue weighted by atomic mass is 9.72. The first-order valence-electron chi connectivity index (χ1n) is 23.3. The topological polar surface area (TPSA) is 42.4 Å². The molecular weight excluding hydrogens is 817 g/mol. The van der Waals surface area contributed by atoms with Crippen molar-refractivity contribution in [1.82, 2.24) is 4.98 Å². The molecule has 0 bridgehead atoms. The Hall–Kier alpha value is -8.21. The molecule has 67 heavy (non-hydrogen) atoms. The van der Waals surface area contributed by atoms with Crippen molar-refractivity contribution in [2.75, 3.05) is 4.90 Å². The van der Waals surface area contributed by atoms with E-state index in [2.05, 4.69) is 221 Å². The molecule has 0 saturated carbocycles. The van der Waals surface area contributed by atoms with Crippen LogP contribution in [0, 0.1) is 6.92 Å². The normalized spacial score (nSPS) is 14.9. The van der Waals surface area contributed by atoms with Gasteiger partial charge in [0, 0.05) is 50.4 Å². The van der Waals surface area contributed by atoms with E-state index in [1.54, 1.807) is 0 Å². The lowest BCUT2D eigenvalue weighted by Gasteiger charge is -2.32. The molecule has 1 atom stereocenters. The fraction of sp³-hybridized carbons (Fsp3) is 0.0952. The molecule has 3 aromatic heterocycles. The highest BCUT2D eigenvalue weighted by Crippen LogP contribution is 2.66. The minimum absolute atomic E-state index is 0.0127. The third-order valence-corrected chi connectivity index (χ3v) is 14.7. The Labute approximate surface area is 388 Å². The number of hydrogen-bond acceptors (Lipinski definition) is 4. The van der Waals surface area contributed by atoms with E-state index in [4.69, 9.17) is 13.8 Å². The van der Waals surface area contributed by atoms with Gasteiger partial charge in [0.05, 0.1) is 22.2 Å². The molecule has 2 aliphatic rings. The molecule has 9 aromatic carbocycles. The maximum absolute atomic E-state index is 7.32. The van der Waals surface area contributed by atoms with Crippen molar-refractivity contribution in [3.05, 3.63) is 228 Å². The first-order chi connectivity index (χ1) is 32.8. The fourth-order valence-electron chi connectivity index (χ4n) is 11.6. The molecular formula is C63H44N2O2. The van der Waals surface area contributed by atoms with Gasteiger partial charge in [0.1, 0.15) is 22.3 Å². The number of anilines is 3. The number of pyridine rings is 1. The third-order valence-electron chi connectivity index (χ3n) is 14.7. The summed E-state index contributed by atoms with van der Waals surface area (Å²) in [7, 11) is 0. The van der Waals surface area contributed by atoms with E-state index in [1.165, 1.54) is 33.0 Å². The first-order valence-corrected chi connectivity index (χ1v) is 23.3. The highest BCUT2D eigenvalue weighted by Gasteiger charge is 2.55. The molecule has 0 aliphatic heterocycles. The molecule has 0 N–H and O–H groups in total. The van der Waals surface area contributed by atoms with Crippen LogP contribution in [0.1, 0.15) is 54.3 Å². The highest BCUT2D eigenvalue weighted by molar-refractivity contribution is 6.23. The van der Waals surface area contributed by atoms with Gasteiger partial charge in [0.15, 0.2) is 0 Å². The van der Waals surface area contributed by atoms with Gasteiger partial charge in [0.25, 0.3) is 0 Å². The number of para-hydroxylation sites is 2. The van der Waals surface area contributed by atoms with Crippen LogP contribution in [0.25, 0.3) is 88.0 Å². The van der Waals surface area contributed by atoms with E-state index in [0.717, 1.165) is 106 Å². The van der Waals surface area contributed by atoms with Crippen LogP contribution in [0.5, 0.6) is 0 Å². The predicted molar refractivity (Wildman–Crippen MR) is 276 cm³/mol. The summed E-state index contributed by atoms with van der Waals surface area (Å²) in [5, 5.41) is 6.75. The average Bonchev–Trinajstić information content (AvgIpc) is 4.09. The molecule has 14 rings (SSSR count). The molecule has 2 aliphatic carbocycles. The van der Waals surface area contributed by atoms with Crippen LogP contribution in [0.4, 0.5) is 17.1 Å². The van der Waals surface area contributed by atoms with Crippen LogP contribution in [0.15, 0.2) is 203 Å². The largest absolute Gasteiger partial charge is 0.455 e. The Morgan fingerprint density at radius 2 is 1.13 bits per heavy atom. The molecule has 1 spiro atoms. The highest BCUT2D eigenvalue weighted by atomic mass is 16.3. The quantitative estimate of drug-likeness (QED) is 0.177. The number of fused-ring (bicyclic) bond motifs is 19. The Morgan fingerprint density at radius 1 is 0.493 bits per heavy atom. The number of rotatable bonds is 4. The standard InChI is InChI=1S/C63H44N2O2/c1-37-33-49-45-15-7-10-18-50(45)63(61(49)64-36-37)51-32-31-47-46-16-8-11-19-54(46)66-59(47)57(51)58-52(63)35-53(56-48-17-9-12-20-55(48)67-60(56)58)65(44-29-25-42(26-30-44)62(2,3)4)43-27-23-39(24-28-43)41-22-21-38-13-5-6-14-40(38)34-41/h5-36H,1-4H3. The predicted octanol–water partition coefficient (Wildman–Crippen LogP) is 17.1. The first kappa shape index (κ1) is 38.1. The minimum atomic E-state index is -0.777. The van der Waals surface area contributed by atoms with Gasteiger partial charge >= 0.3 is 0 Å². The summed E-state index contributed by atoms with van der Waals surface area (Å²) in [6, 6.07) is 68.7. The smallest absolute Gasteiger partial charge is 0.145 e. The van der Waals surface area contributed by atoms with Crippen LogP contribution < -0.4 is 4.90 Å². The van der Waals surface area contributed by atoms with Gasteiger partial charge in [-0.15, -0.1) is 0 Å². The van der Waals surface area contributed by atoms with Gasteiger partial charge in [-0.2, -0.15) is 0 Å². The van der Waals surface area contributed by atoms with Gasteiger partial charge in [-0.25, -0.2) is 0 Å². The second-order valence-corrected chi connectivity index (χ2v) is 19.5. The van der Waals surface area contributed by atoms with Crippen LogP contribution in [-0.4, -0.2) is 4.98 Å². The van der Waals surface area contributed by atoms with Crippen molar-refractivity contribution >= 4 is 71.7 Å². The number of hydrogen-bond donors (Lipinski definition) is 0. The molecule has 12 aromatic rings. The lowest BCUT2D eigenvalue weighted by molar-refractivity contribution is 0.590. The van der Waals surface area contributed by atoms with Crippen molar-refractivity contribution in [1.29, 1.82) is 0 Å². The van der Waals surface area contributed by atoms with Crippen molar-refractivity contribution in [2.24, 2.45) is 0 Å². The SMILES string of the molecule is Cc1cnc2c(c1)-c1ccccc1C21c2ccc3c(oc4ccccc43)c2-c2c1cc(N(c1ccc(-c3ccc4ccccc4c3)cc1)c1ccc(C(C)(C)C)cc1)c1c2oc2ccccc21. The second-order valence-electron chi connectivity index (χ2n) is 19.5. The van der Waals surface area contributed by atoms with Crippen molar-refractivity contribution in [2.45, 2.75) is 38.5 Å².